The summed E-state index contributed by atoms with van der Waals surface area (Å²) < 4.78 is 0. The summed E-state index contributed by atoms with van der Waals surface area (Å²) >= 11 is 0. The molecule has 1 amide bonds. The number of amides is 1. The molecular weight excluding hydrogens is 182 g/mol. The summed E-state index contributed by atoms with van der Waals surface area (Å²) in [6.45, 7) is 7.30. The molecule has 0 rings (SSSR count). The van der Waals surface area contributed by atoms with Crippen molar-refractivity contribution < 1.29 is 4.79 Å². The number of carbonyl (C=O) groups is 1. The third kappa shape index (κ3) is 5.23. The van der Waals surface area contributed by atoms with E-state index in [0.717, 1.165) is 0 Å². The van der Waals surface area contributed by atoms with E-state index in [1.54, 1.807) is 13.8 Å². The number of carbonyl (C=O) groups excluding carboxylic acids is 1. The van der Waals surface area contributed by atoms with E-state index in [1.165, 1.54) is 0 Å². The molecule has 0 atom stereocenters. The van der Waals surface area contributed by atoms with Crippen LogP contribution in [-0.4, -0.2) is 11.7 Å². The maximum absolute atomic E-state index is 11.0. The minimum absolute atomic E-state index is 0.120. The normalized spacial score (nSPS) is 12.9. The second-order valence-corrected chi connectivity index (χ2v) is 3.50. The number of hydrogen-bond acceptors (Lipinski definition) is 3. The lowest BCUT2D eigenvalue weighted by atomic mass is 10.2. The summed E-state index contributed by atoms with van der Waals surface area (Å²) in [6, 6.07) is 0. The molecule has 0 spiro atoms. The average molecular weight is 199 g/mol. The first-order valence-electron chi connectivity index (χ1n) is 4.48. The van der Waals surface area contributed by atoms with Crippen LogP contribution in [0.1, 0.15) is 27.7 Å². The zero-order valence-electron chi connectivity index (χ0n) is 8.98. The Morgan fingerprint density at radius 2 is 1.79 bits per heavy atom. The number of hydrogen-bond donors (Lipinski definition) is 2. The third-order valence-electron chi connectivity index (χ3n) is 1.48. The van der Waals surface area contributed by atoms with Gasteiger partial charge in [-0.25, -0.2) is 5.43 Å². The molecular formula is C8H17N5O. The zero-order chi connectivity index (χ0) is 11.1. The van der Waals surface area contributed by atoms with Crippen LogP contribution in [0, 0.1) is 11.8 Å². The summed E-state index contributed by atoms with van der Waals surface area (Å²) in [5.74, 6) is 0.176. The number of amidine groups is 1. The molecule has 3 N–H and O–H groups in total. The van der Waals surface area contributed by atoms with Crippen molar-refractivity contribution in [2.75, 3.05) is 0 Å². The molecule has 0 aromatic rings. The van der Waals surface area contributed by atoms with E-state index in [0.29, 0.717) is 5.84 Å². The molecule has 0 aromatic carbocycles. The van der Waals surface area contributed by atoms with Gasteiger partial charge in [0.1, 0.15) is 5.84 Å². The van der Waals surface area contributed by atoms with Crippen LogP contribution >= 0.6 is 0 Å². The van der Waals surface area contributed by atoms with Gasteiger partial charge in [-0.2, -0.15) is 0 Å². The van der Waals surface area contributed by atoms with Crippen LogP contribution in [0.4, 0.5) is 0 Å². The monoisotopic (exact) mass is 199 g/mol. The molecule has 0 aliphatic carbocycles. The molecule has 0 unspecified atom stereocenters. The Morgan fingerprint density at radius 1 is 1.21 bits per heavy atom. The summed E-state index contributed by atoms with van der Waals surface area (Å²) in [7, 11) is 0. The summed E-state index contributed by atoms with van der Waals surface area (Å²) in [5, 5.41) is 10.3. The Labute approximate surface area is 83.6 Å². The lowest BCUT2D eigenvalue weighted by Crippen LogP contribution is -2.22. The van der Waals surface area contributed by atoms with Crippen molar-refractivity contribution >= 4 is 11.7 Å². The van der Waals surface area contributed by atoms with E-state index in [-0.39, 0.29) is 17.7 Å². The topological polar surface area (TPSA) is 92.2 Å². The first kappa shape index (κ1) is 12.5. The average Bonchev–Trinajstić information content (AvgIpc) is 2.11. The summed E-state index contributed by atoms with van der Waals surface area (Å²) in [6.07, 6.45) is 0. The smallest absolute Gasteiger partial charge is 0.244 e. The molecule has 0 radical (unpaired) electrons. The van der Waals surface area contributed by atoms with E-state index in [9.17, 15) is 4.79 Å². The molecule has 0 aliphatic rings. The van der Waals surface area contributed by atoms with Crippen LogP contribution in [0.2, 0.25) is 0 Å². The van der Waals surface area contributed by atoms with Gasteiger partial charge in [-0.15, -0.1) is 5.10 Å². The lowest BCUT2D eigenvalue weighted by molar-refractivity contribution is -0.124. The van der Waals surface area contributed by atoms with Crippen molar-refractivity contribution in [3.63, 3.8) is 0 Å². The molecule has 0 saturated heterocycles. The van der Waals surface area contributed by atoms with Gasteiger partial charge in [0.15, 0.2) is 0 Å². The maximum atomic E-state index is 11.0. The Balaban J connectivity index is 3.97. The predicted molar refractivity (Wildman–Crippen MR) is 54.3 cm³/mol. The number of nitrogens with one attached hydrogen (secondary N) is 1. The maximum Gasteiger partial charge on any atom is 0.244 e. The SMILES string of the molecule is CC(C)C(=O)NN=N/N=C(\N)C(C)C. The molecule has 14 heavy (non-hydrogen) atoms. The van der Waals surface area contributed by atoms with E-state index in [2.05, 4.69) is 21.0 Å². The quantitative estimate of drug-likeness (QED) is 0.306. The molecule has 0 saturated carbocycles. The summed E-state index contributed by atoms with van der Waals surface area (Å²) in [4.78, 5) is 11.0. The Bertz CT molecular complexity index is 244. The molecule has 0 heterocycles. The van der Waals surface area contributed by atoms with Gasteiger partial charge >= 0.3 is 0 Å². The number of nitrogens with zero attached hydrogens (tertiary/aromatic N) is 3. The van der Waals surface area contributed by atoms with Gasteiger partial charge in [-0.05, 0) is 10.4 Å². The van der Waals surface area contributed by atoms with Crippen LogP contribution < -0.4 is 11.2 Å². The largest absolute Gasteiger partial charge is 0.385 e. The number of nitrogens with two attached hydrogens (primary N) is 1. The highest BCUT2D eigenvalue weighted by Crippen LogP contribution is 1.92. The van der Waals surface area contributed by atoms with Crippen LogP contribution in [0.25, 0.3) is 0 Å². The molecule has 0 fully saturated rings. The minimum atomic E-state index is -0.202. The van der Waals surface area contributed by atoms with Crippen molar-refractivity contribution in [1.29, 1.82) is 0 Å². The van der Waals surface area contributed by atoms with Gasteiger partial charge in [-0.1, -0.05) is 27.7 Å². The molecule has 6 nitrogen and oxygen atoms in total. The fraction of sp³-hybridized carbons (Fsp3) is 0.750. The molecule has 0 aromatic heterocycles. The second kappa shape index (κ2) is 6.06. The summed E-state index contributed by atoms with van der Waals surface area (Å²) in [5.41, 5.74) is 7.71. The van der Waals surface area contributed by atoms with Gasteiger partial charge in [0, 0.05) is 11.8 Å². The highest BCUT2D eigenvalue weighted by molar-refractivity contribution is 5.81. The Morgan fingerprint density at radius 3 is 2.21 bits per heavy atom. The van der Waals surface area contributed by atoms with Gasteiger partial charge in [0.25, 0.3) is 0 Å². The van der Waals surface area contributed by atoms with Crippen molar-refractivity contribution in [2.24, 2.45) is 33.1 Å². The van der Waals surface area contributed by atoms with E-state index >= 15 is 0 Å². The van der Waals surface area contributed by atoms with Gasteiger partial charge in [-0.3, -0.25) is 4.79 Å². The molecule has 80 valence electrons. The van der Waals surface area contributed by atoms with Crippen LogP contribution in [0.5, 0.6) is 0 Å². The highest BCUT2D eigenvalue weighted by Gasteiger charge is 2.04. The van der Waals surface area contributed by atoms with E-state index in [1.807, 2.05) is 13.8 Å². The van der Waals surface area contributed by atoms with Crippen molar-refractivity contribution in [2.45, 2.75) is 27.7 Å². The van der Waals surface area contributed by atoms with Crippen molar-refractivity contribution in [3.05, 3.63) is 0 Å². The van der Waals surface area contributed by atoms with Gasteiger partial charge < -0.3 is 5.73 Å². The lowest BCUT2D eigenvalue weighted by Gasteiger charge is -2.00. The fourth-order valence-corrected chi connectivity index (χ4v) is 0.390. The van der Waals surface area contributed by atoms with Gasteiger partial charge in [0.05, 0.1) is 0 Å². The van der Waals surface area contributed by atoms with Crippen LogP contribution in [0.15, 0.2) is 15.5 Å². The number of rotatable bonds is 4. The van der Waals surface area contributed by atoms with E-state index < -0.39 is 0 Å². The van der Waals surface area contributed by atoms with Crippen LogP contribution in [-0.2, 0) is 4.79 Å². The van der Waals surface area contributed by atoms with Gasteiger partial charge in [0.2, 0.25) is 5.91 Å². The Kier molecular flexibility index (Phi) is 5.43. The molecule has 0 aliphatic heterocycles. The molecule has 0 bridgehead atoms. The Hall–Kier alpha value is -1.46. The fourth-order valence-electron chi connectivity index (χ4n) is 0.390. The second-order valence-electron chi connectivity index (χ2n) is 3.50. The zero-order valence-corrected chi connectivity index (χ0v) is 8.98. The first-order valence-corrected chi connectivity index (χ1v) is 4.48. The standard InChI is InChI=1S/C8H17N5O/c1-5(2)7(9)10-12-13-11-8(14)6(3)4/h5-6H,1-4H3,(H2,9,10,13)(H,11,12,14). The minimum Gasteiger partial charge on any atom is -0.385 e. The predicted octanol–water partition coefficient (Wildman–Crippen LogP) is 1.05. The van der Waals surface area contributed by atoms with Crippen molar-refractivity contribution in [1.82, 2.24) is 5.43 Å². The van der Waals surface area contributed by atoms with E-state index in [4.69, 9.17) is 5.73 Å². The third-order valence-corrected chi connectivity index (χ3v) is 1.48. The van der Waals surface area contributed by atoms with Crippen LogP contribution in [0.3, 0.4) is 0 Å². The first-order chi connectivity index (χ1) is 6.45. The highest BCUT2D eigenvalue weighted by atomic mass is 16.2. The molecule has 6 heteroatoms. The van der Waals surface area contributed by atoms with Crippen molar-refractivity contribution in [3.8, 4) is 0 Å².